The molecule has 2 heterocycles. The summed E-state index contributed by atoms with van der Waals surface area (Å²) in [5.74, 6) is -9.11. The van der Waals surface area contributed by atoms with E-state index in [4.69, 9.17) is 11.5 Å². The lowest BCUT2D eigenvalue weighted by Gasteiger charge is -2.31. The largest absolute Gasteiger partial charge is 0.508 e. The van der Waals surface area contributed by atoms with Gasteiger partial charge in [0, 0.05) is 38.1 Å². The van der Waals surface area contributed by atoms with Crippen LogP contribution in [0, 0.1) is 11.8 Å². The standard InChI is InChI=1S/C58H79N11O13S/c1-33(2)25-40(63-52(75)43(29-37-19-21-38(70)22-20-37)65-55(78)47-18-12-23-68(47)56(79)39(59)30-48(60)71)50(73)66-44(26-34(3)4)57(80)69-24-11-17-46(69)54(77)61-31-49(72)62-41(27-35-13-7-5-8-14-35)51(74)64-42(28-36-15-9-6-10-16-36)53(76)67-45(32-83)58(81)82/h5-10,13-16,19-22,33-34,39-47,70,83H,11-12,17-18,23-32,59H2,1-4H3,(H2,60,71)(H,61,77)(H,62,72)(H,63,75)(H,64,74)(H,65,78)(H,66,73)(H,67,76)(H,81,82)/t39-,40-,41-,42-,43-,44-,45-,46-,47-/m0/s1. The lowest BCUT2D eigenvalue weighted by atomic mass is 9.98. The molecular weight excluding hydrogens is 1090 g/mol. The van der Waals surface area contributed by atoms with Gasteiger partial charge in [0.2, 0.25) is 59.1 Å². The number of hydrogen-bond donors (Lipinski definition) is 12. The van der Waals surface area contributed by atoms with Crippen LogP contribution in [-0.2, 0) is 72.0 Å². The number of thiol groups is 1. The Bertz CT molecular complexity index is 2760. The van der Waals surface area contributed by atoms with Gasteiger partial charge in [-0.1, -0.05) is 100 Å². The van der Waals surface area contributed by atoms with Gasteiger partial charge in [-0.05, 0) is 79.2 Å². The number of nitrogens with zero attached hydrogens (tertiary/aromatic N) is 2. The second-order valence-corrected chi connectivity index (χ2v) is 22.2. The van der Waals surface area contributed by atoms with Crippen LogP contribution in [0.15, 0.2) is 84.9 Å². The maximum atomic E-state index is 14.6. The number of benzene rings is 3. The predicted molar refractivity (Wildman–Crippen MR) is 308 cm³/mol. The van der Waals surface area contributed by atoms with E-state index in [1.165, 1.54) is 21.9 Å². The van der Waals surface area contributed by atoms with Crippen molar-refractivity contribution in [3.05, 3.63) is 102 Å². The van der Waals surface area contributed by atoms with Crippen molar-refractivity contribution in [3.63, 3.8) is 0 Å². The summed E-state index contributed by atoms with van der Waals surface area (Å²) in [4.78, 5) is 152. The number of rotatable bonds is 30. The number of carbonyl (C=O) groups excluding carboxylic acids is 10. The maximum Gasteiger partial charge on any atom is 0.327 e. The second kappa shape index (κ2) is 32.0. The molecule has 5 rings (SSSR count). The van der Waals surface area contributed by atoms with Gasteiger partial charge >= 0.3 is 5.97 Å². The Labute approximate surface area is 488 Å². The van der Waals surface area contributed by atoms with E-state index < -0.39 is 132 Å². The zero-order chi connectivity index (χ0) is 60.9. The van der Waals surface area contributed by atoms with E-state index in [-0.39, 0.29) is 81.4 Å². The van der Waals surface area contributed by atoms with Gasteiger partial charge in [-0.2, -0.15) is 12.6 Å². The first kappa shape index (κ1) is 65.7. The van der Waals surface area contributed by atoms with E-state index in [2.05, 4.69) is 49.8 Å². The van der Waals surface area contributed by atoms with Crippen molar-refractivity contribution in [2.45, 2.75) is 146 Å². The number of carbonyl (C=O) groups is 11. The van der Waals surface area contributed by atoms with Crippen molar-refractivity contribution < 1.29 is 63.0 Å². The van der Waals surface area contributed by atoms with E-state index in [0.29, 0.717) is 29.5 Å². The number of hydrogen-bond acceptors (Lipinski definition) is 14. The first-order valence-electron chi connectivity index (χ1n) is 27.9. The molecule has 2 saturated heterocycles. The molecule has 0 aliphatic carbocycles. The lowest BCUT2D eigenvalue weighted by Crippen LogP contribution is -2.60. The van der Waals surface area contributed by atoms with E-state index in [1.807, 2.05) is 27.7 Å². The minimum absolute atomic E-state index is 0.0247. The molecule has 2 aliphatic heterocycles. The number of aliphatic carboxylic acids is 1. The van der Waals surface area contributed by atoms with Gasteiger partial charge in [0.15, 0.2) is 0 Å². The Hall–Kier alpha value is -8.06. The maximum absolute atomic E-state index is 14.6. The number of nitrogens with two attached hydrogens (primary N) is 2. The number of aromatic hydroxyl groups is 1. The van der Waals surface area contributed by atoms with Gasteiger partial charge < -0.3 is 68.7 Å². The van der Waals surface area contributed by atoms with E-state index in [1.54, 1.807) is 72.8 Å². The molecule has 2 fully saturated rings. The highest BCUT2D eigenvalue weighted by Crippen LogP contribution is 2.23. The third-order valence-electron chi connectivity index (χ3n) is 14.2. The zero-order valence-corrected chi connectivity index (χ0v) is 48.1. The van der Waals surface area contributed by atoms with Crippen LogP contribution in [0.2, 0.25) is 0 Å². The quantitative estimate of drug-likeness (QED) is 0.0383. The first-order chi connectivity index (χ1) is 39.4. The van der Waals surface area contributed by atoms with Gasteiger partial charge in [-0.25, -0.2) is 4.79 Å². The van der Waals surface area contributed by atoms with Crippen molar-refractivity contribution in [1.29, 1.82) is 0 Å². The predicted octanol–water partition coefficient (Wildman–Crippen LogP) is -0.264. The molecule has 0 aromatic heterocycles. The van der Waals surface area contributed by atoms with Crippen LogP contribution in [0.5, 0.6) is 5.75 Å². The smallest absolute Gasteiger partial charge is 0.327 e. The fourth-order valence-corrected chi connectivity index (χ4v) is 10.2. The van der Waals surface area contributed by atoms with Gasteiger partial charge in [0.25, 0.3) is 0 Å². The number of carboxylic acid groups (broad SMARTS) is 1. The number of nitrogens with one attached hydrogen (secondary N) is 7. The molecule has 9 atom stereocenters. The van der Waals surface area contributed by atoms with E-state index in [0.717, 1.165) is 0 Å². The average molecular weight is 1170 g/mol. The SMILES string of the molecule is CC(C)C[C@H](NC(=O)[C@H](Cc1ccc(O)cc1)NC(=O)[C@@H]1CCCN1C(=O)[C@@H](N)CC(N)=O)C(=O)N[C@@H](CC(C)C)C(=O)N1CCC[C@H]1C(=O)NCC(=O)N[C@@H](Cc1ccccc1)C(=O)N[C@@H](Cc1ccccc1)C(=O)N[C@@H](CS)C(=O)O. The Morgan fingerprint density at radius 1 is 0.554 bits per heavy atom. The third kappa shape index (κ3) is 20.4. The zero-order valence-electron chi connectivity index (χ0n) is 47.2. The summed E-state index contributed by atoms with van der Waals surface area (Å²) in [7, 11) is 0. The second-order valence-electron chi connectivity index (χ2n) is 21.8. The van der Waals surface area contributed by atoms with E-state index in [9.17, 15) is 63.0 Å². The summed E-state index contributed by atoms with van der Waals surface area (Å²) in [6, 6.07) is 12.3. The molecule has 3 aromatic carbocycles. The van der Waals surface area contributed by atoms with Crippen molar-refractivity contribution in [2.75, 3.05) is 25.4 Å². The van der Waals surface area contributed by atoms with Crippen LogP contribution in [0.1, 0.15) is 89.3 Å². The Balaban J connectivity index is 1.28. The Morgan fingerprint density at radius 2 is 0.976 bits per heavy atom. The highest BCUT2D eigenvalue weighted by Gasteiger charge is 2.41. The fourth-order valence-electron chi connectivity index (χ4n) is 9.99. The van der Waals surface area contributed by atoms with Gasteiger partial charge in [-0.3, -0.25) is 47.9 Å². The van der Waals surface area contributed by atoms with Gasteiger partial charge in [0.05, 0.1) is 19.0 Å². The van der Waals surface area contributed by atoms with Crippen LogP contribution in [0.3, 0.4) is 0 Å². The molecule has 25 heteroatoms. The summed E-state index contributed by atoms with van der Waals surface area (Å²) < 4.78 is 0. The number of phenols is 1. The van der Waals surface area contributed by atoms with Crippen LogP contribution in [0.25, 0.3) is 0 Å². The van der Waals surface area contributed by atoms with Crippen LogP contribution < -0.4 is 48.7 Å². The summed E-state index contributed by atoms with van der Waals surface area (Å²) in [6.07, 6.45) is 0.936. The highest BCUT2D eigenvalue weighted by molar-refractivity contribution is 7.80. The first-order valence-corrected chi connectivity index (χ1v) is 28.5. The molecule has 24 nitrogen and oxygen atoms in total. The van der Waals surface area contributed by atoms with Crippen LogP contribution in [-0.4, -0.2) is 165 Å². The average Bonchev–Trinajstić information content (AvgIpc) is 4.39. The Morgan fingerprint density at radius 3 is 1.47 bits per heavy atom. The minimum Gasteiger partial charge on any atom is -0.508 e. The van der Waals surface area contributed by atoms with Crippen LogP contribution in [0.4, 0.5) is 0 Å². The van der Waals surface area contributed by atoms with Crippen molar-refractivity contribution in [3.8, 4) is 5.75 Å². The number of likely N-dealkylation sites (tertiary alicyclic amines) is 2. The van der Waals surface area contributed by atoms with Gasteiger partial charge in [-0.15, -0.1) is 0 Å². The molecular formula is C58H79N11O13S. The topological polar surface area (TPSA) is 371 Å². The van der Waals surface area contributed by atoms with Crippen LogP contribution >= 0.6 is 12.6 Å². The molecule has 450 valence electrons. The molecule has 83 heavy (non-hydrogen) atoms. The molecule has 0 spiro atoms. The minimum atomic E-state index is -1.36. The number of amides is 10. The molecule has 3 aromatic rings. The normalized spacial score (nSPS) is 17.4. The number of carboxylic acids is 1. The molecule has 0 radical (unpaired) electrons. The monoisotopic (exact) mass is 1170 g/mol. The highest BCUT2D eigenvalue weighted by atomic mass is 32.1. The van der Waals surface area contributed by atoms with Crippen molar-refractivity contribution >= 4 is 77.7 Å². The summed E-state index contributed by atoms with van der Waals surface area (Å²) in [5, 5.41) is 38.3. The number of phenolic OH excluding ortho intramolecular Hbond substituents is 1. The fraction of sp³-hybridized carbons (Fsp3) is 0.500. The molecule has 10 amide bonds. The van der Waals surface area contributed by atoms with Crippen molar-refractivity contribution in [1.82, 2.24) is 47.0 Å². The van der Waals surface area contributed by atoms with Gasteiger partial charge in [0.1, 0.15) is 54.1 Å². The summed E-state index contributed by atoms with van der Waals surface area (Å²) in [5.41, 5.74) is 13.1. The summed E-state index contributed by atoms with van der Waals surface area (Å²) in [6.45, 7) is 7.03. The Kier molecular flexibility index (Phi) is 25.3. The molecule has 0 unspecified atom stereocenters. The molecule has 13 N–H and O–H groups in total. The molecule has 0 saturated carbocycles. The summed E-state index contributed by atoms with van der Waals surface area (Å²) >= 11 is 4.04. The lowest BCUT2D eigenvalue weighted by molar-refractivity contribution is -0.142. The third-order valence-corrected chi connectivity index (χ3v) is 14.5. The molecule has 2 aliphatic rings. The number of primary amides is 1. The van der Waals surface area contributed by atoms with E-state index >= 15 is 0 Å². The van der Waals surface area contributed by atoms with Crippen molar-refractivity contribution in [2.24, 2.45) is 23.3 Å². The molecule has 0 bridgehead atoms.